The van der Waals surface area contributed by atoms with E-state index in [9.17, 15) is 4.79 Å². The van der Waals surface area contributed by atoms with Crippen LogP contribution in [0.4, 0.5) is 10.5 Å². The lowest BCUT2D eigenvalue weighted by atomic mass is 10.1. The van der Waals surface area contributed by atoms with Crippen molar-refractivity contribution in [2.75, 3.05) is 31.1 Å². The molecular formula is C27H31Cl2N3O. The number of rotatable bonds is 12. The number of primary amides is 1. The van der Waals surface area contributed by atoms with E-state index >= 15 is 0 Å². The van der Waals surface area contributed by atoms with Crippen LogP contribution in [0.15, 0.2) is 78.9 Å². The molecule has 0 atom stereocenters. The summed E-state index contributed by atoms with van der Waals surface area (Å²) in [5.41, 5.74) is 9.04. The summed E-state index contributed by atoms with van der Waals surface area (Å²) in [6.07, 6.45) is 3.86. The van der Waals surface area contributed by atoms with E-state index in [0.717, 1.165) is 61.1 Å². The Morgan fingerprint density at radius 2 is 1.21 bits per heavy atom. The largest absolute Gasteiger partial charge is 0.351 e. The second kappa shape index (κ2) is 13.2. The molecule has 3 rings (SSSR count). The van der Waals surface area contributed by atoms with E-state index in [1.807, 2.05) is 54.6 Å². The molecule has 0 saturated carbocycles. The summed E-state index contributed by atoms with van der Waals surface area (Å²) < 4.78 is 0. The number of para-hydroxylation sites is 1. The number of hydrogen-bond acceptors (Lipinski definition) is 2. The van der Waals surface area contributed by atoms with E-state index in [4.69, 9.17) is 28.9 Å². The van der Waals surface area contributed by atoms with E-state index in [-0.39, 0.29) is 0 Å². The molecule has 0 fully saturated rings. The van der Waals surface area contributed by atoms with Crippen LogP contribution in [0.1, 0.15) is 24.0 Å². The third-order valence-electron chi connectivity index (χ3n) is 5.67. The zero-order valence-electron chi connectivity index (χ0n) is 18.8. The fourth-order valence-electron chi connectivity index (χ4n) is 3.86. The molecule has 4 nitrogen and oxygen atoms in total. The van der Waals surface area contributed by atoms with Crippen LogP contribution in [0, 0.1) is 0 Å². The minimum atomic E-state index is -0.420. The molecule has 174 valence electrons. The fourth-order valence-corrected chi connectivity index (χ4v) is 4.11. The molecule has 0 aliphatic rings. The van der Waals surface area contributed by atoms with Crippen molar-refractivity contribution < 1.29 is 4.79 Å². The maximum absolute atomic E-state index is 12.0. The molecule has 2 N–H and O–H groups in total. The van der Waals surface area contributed by atoms with E-state index in [2.05, 4.69) is 29.2 Å². The molecule has 6 heteroatoms. The number of nitrogens with zero attached hydrogens (tertiary/aromatic N) is 2. The van der Waals surface area contributed by atoms with Gasteiger partial charge in [-0.15, -0.1) is 0 Å². The first-order valence-electron chi connectivity index (χ1n) is 11.3. The molecule has 3 aromatic carbocycles. The SMILES string of the molecule is NC(=O)N(CCCN(CCCc1ccc(Cl)cc1)CCc1ccc(Cl)cc1)c1ccccc1. The van der Waals surface area contributed by atoms with Gasteiger partial charge in [-0.25, -0.2) is 4.79 Å². The fraction of sp³-hybridized carbons (Fsp3) is 0.296. The smallest absolute Gasteiger partial charge is 0.319 e. The Labute approximate surface area is 206 Å². The second-order valence-corrected chi connectivity index (χ2v) is 9.00. The lowest BCUT2D eigenvalue weighted by Gasteiger charge is -2.25. The number of halogens is 2. The van der Waals surface area contributed by atoms with Gasteiger partial charge in [0.15, 0.2) is 0 Å². The molecule has 0 aliphatic carbocycles. The van der Waals surface area contributed by atoms with Gasteiger partial charge >= 0.3 is 6.03 Å². The Balaban J connectivity index is 1.55. The van der Waals surface area contributed by atoms with Gasteiger partial charge in [0.1, 0.15) is 0 Å². The average Bonchev–Trinajstić information content (AvgIpc) is 2.82. The van der Waals surface area contributed by atoms with Gasteiger partial charge in [0, 0.05) is 28.8 Å². The minimum Gasteiger partial charge on any atom is -0.351 e. The molecular weight excluding hydrogens is 453 g/mol. The van der Waals surface area contributed by atoms with Gasteiger partial charge < -0.3 is 10.6 Å². The average molecular weight is 484 g/mol. The molecule has 0 heterocycles. The van der Waals surface area contributed by atoms with Crippen LogP contribution < -0.4 is 10.6 Å². The molecule has 0 unspecified atom stereocenters. The Morgan fingerprint density at radius 3 is 1.79 bits per heavy atom. The van der Waals surface area contributed by atoms with Crippen molar-refractivity contribution >= 4 is 34.9 Å². The summed E-state index contributed by atoms with van der Waals surface area (Å²) in [6.45, 7) is 3.42. The van der Waals surface area contributed by atoms with Crippen molar-refractivity contribution in [1.29, 1.82) is 0 Å². The van der Waals surface area contributed by atoms with Crippen molar-refractivity contribution in [3.8, 4) is 0 Å². The number of hydrogen-bond donors (Lipinski definition) is 1. The quantitative estimate of drug-likeness (QED) is 0.321. The van der Waals surface area contributed by atoms with Gasteiger partial charge in [-0.05, 0) is 86.3 Å². The van der Waals surface area contributed by atoms with Crippen molar-refractivity contribution in [2.45, 2.75) is 25.7 Å². The monoisotopic (exact) mass is 483 g/mol. The number of aryl methyl sites for hydroxylation is 1. The number of amides is 2. The molecule has 3 aromatic rings. The third-order valence-corrected chi connectivity index (χ3v) is 6.18. The number of urea groups is 1. The molecule has 0 saturated heterocycles. The lowest BCUT2D eigenvalue weighted by Crippen LogP contribution is -2.38. The summed E-state index contributed by atoms with van der Waals surface area (Å²) in [5, 5.41) is 1.52. The summed E-state index contributed by atoms with van der Waals surface area (Å²) in [6, 6.07) is 25.3. The highest BCUT2D eigenvalue weighted by Gasteiger charge is 2.13. The lowest BCUT2D eigenvalue weighted by molar-refractivity contribution is 0.251. The van der Waals surface area contributed by atoms with Crippen LogP contribution in [0.3, 0.4) is 0 Å². The van der Waals surface area contributed by atoms with E-state index in [0.29, 0.717) is 6.54 Å². The Kier molecular flexibility index (Phi) is 10.1. The maximum Gasteiger partial charge on any atom is 0.319 e. The predicted octanol–water partition coefficient (Wildman–Crippen LogP) is 6.45. The topological polar surface area (TPSA) is 49.6 Å². The van der Waals surface area contributed by atoms with Crippen LogP contribution >= 0.6 is 23.2 Å². The normalized spacial score (nSPS) is 11.0. The van der Waals surface area contributed by atoms with Crippen molar-refractivity contribution in [1.82, 2.24) is 4.90 Å². The van der Waals surface area contributed by atoms with Crippen LogP contribution in [-0.4, -0.2) is 37.1 Å². The molecule has 0 bridgehead atoms. The van der Waals surface area contributed by atoms with Gasteiger partial charge in [0.2, 0.25) is 0 Å². The number of nitrogens with two attached hydrogens (primary N) is 1. The standard InChI is InChI=1S/C27H31Cl2N3O/c28-24-13-9-22(10-14-24)6-4-18-31(21-17-23-11-15-25(29)16-12-23)19-5-20-32(27(30)33)26-7-2-1-3-8-26/h1-3,7-16H,4-6,17-21H2,(H2,30,33). The minimum absolute atomic E-state index is 0.420. The molecule has 33 heavy (non-hydrogen) atoms. The van der Waals surface area contributed by atoms with Crippen molar-refractivity contribution in [2.24, 2.45) is 5.73 Å². The zero-order valence-corrected chi connectivity index (χ0v) is 20.3. The van der Waals surface area contributed by atoms with Gasteiger partial charge in [0.25, 0.3) is 0 Å². The highest BCUT2D eigenvalue weighted by Crippen LogP contribution is 2.15. The number of anilines is 1. The maximum atomic E-state index is 12.0. The van der Waals surface area contributed by atoms with Gasteiger partial charge in [-0.2, -0.15) is 0 Å². The first-order valence-corrected chi connectivity index (χ1v) is 12.1. The highest BCUT2D eigenvalue weighted by atomic mass is 35.5. The van der Waals surface area contributed by atoms with Crippen LogP contribution in [-0.2, 0) is 12.8 Å². The highest BCUT2D eigenvalue weighted by molar-refractivity contribution is 6.30. The first kappa shape index (κ1) is 25.1. The number of carbonyl (C=O) groups excluding carboxylic acids is 1. The zero-order chi connectivity index (χ0) is 23.5. The van der Waals surface area contributed by atoms with Crippen molar-refractivity contribution in [3.05, 3.63) is 100 Å². The van der Waals surface area contributed by atoms with Crippen LogP contribution in [0.25, 0.3) is 0 Å². The number of carbonyl (C=O) groups is 1. The molecule has 2 amide bonds. The van der Waals surface area contributed by atoms with E-state index < -0.39 is 6.03 Å². The number of benzene rings is 3. The van der Waals surface area contributed by atoms with Crippen LogP contribution in [0.5, 0.6) is 0 Å². The predicted molar refractivity (Wildman–Crippen MR) is 139 cm³/mol. The molecule has 0 aromatic heterocycles. The van der Waals surface area contributed by atoms with E-state index in [1.165, 1.54) is 11.1 Å². The second-order valence-electron chi connectivity index (χ2n) is 8.13. The Morgan fingerprint density at radius 1 is 0.667 bits per heavy atom. The van der Waals surface area contributed by atoms with Gasteiger partial charge in [0.05, 0.1) is 0 Å². The third kappa shape index (κ3) is 8.73. The Bertz CT molecular complexity index is 979. The summed E-state index contributed by atoms with van der Waals surface area (Å²) in [4.78, 5) is 16.1. The molecule has 0 radical (unpaired) electrons. The molecule has 0 spiro atoms. The van der Waals surface area contributed by atoms with Gasteiger partial charge in [-0.1, -0.05) is 65.7 Å². The first-order chi connectivity index (χ1) is 16.0. The summed E-state index contributed by atoms with van der Waals surface area (Å²) in [5.74, 6) is 0. The van der Waals surface area contributed by atoms with Crippen molar-refractivity contribution in [3.63, 3.8) is 0 Å². The Hall–Kier alpha value is -2.53. The molecule has 0 aliphatic heterocycles. The van der Waals surface area contributed by atoms with Gasteiger partial charge in [-0.3, -0.25) is 4.90 Å². The summed E-state index contributed by atoms with van der Waals surface area (Å²) >= 11 is 12.0. The summed E-state index contributed by atoms with van der Waals surface area (Å²) in [7, 11) is 0. The van der Waals surface area contributed by atoms with E-state index in [1.54, 1.807) is 4.90 Å². The van der Waals surface area contributed by atoms with Crippen LogP contribution in [0.2, 0.25) is 10.0 Å².